The first kappa shape index (κ1) is 35.9. The Kier molecular flexibility index (Phi) is 10.4. The third kappa shape index (κ3) is 6.31. The second-order valence-corrected chi connectivity index (χ2v) is 13.6. The molecule has 1 spiro atoms. The molecule has 0 radical (unpaired) electrons. The van der Waals surface area contributed by atoms with Gasteiger partial charge in [-0.15, -0.1) is 13.2 Å². The van der Waals surface area contributed by atoms with Gasteiger partial charge in [-0.1, -0.05) is 42.5 Å². The quantitative estimate of drug-likeness (QED) is 0.218. The van der Waals surface area contributed by atoms with Gasteiger partial charge in [0.15, 0.2) is 0 Å². The molecule has 0 saturated carbocycles. The summed E-state index contributed by atoms with van der Waals surface area (Å²) in [6.07, 6.45) is 4.47. The number of hydrogen-bond donors (Lipinski definition) is 1. The smallest absolute Gasteiger partial charge is 0.253 e. The molecule has 3 heterocycles. The number of methoxy groups -OCH3 is 1. The molecule has 2 bridgehead atoms. The number of hydrogen-bond acceptors (Lipinski definition) is 7. The summed E-state index contributed by atoms with van der Waals surface area (Å²) in [5.74, 6) is -1.56. The summed E-state index contributed by atoms with van der Waals surface area (Å²) in [7, 11) is 1.57. The highest BCUT2D eigenvalue weighted by Crippen LogP contribution is 2.64. The topological polar surface area (TPSA) is 109 Å². The van der Waals surface area contributed by atoms with Crippen molar-refractivity contribution in [1.29, 1.82) is 0 Å². The van der Waals surface area contributed by atoms with Crippen LogP contribution in [-0.4, -0.2) is 84.4 Å². The summed E-state index contributed by atoms with van der Waals surface area (Å²) in [6.45, 7) is 12.1. The van der Waals surface area contributed by atoms with Crippen LogP contribution in [0.5, 0.6) is 11.5 Å². The number of nitrogens with zero attached hydrogens (tertiary/aromatic N) is 3. The zero-order chi connectivity index (χ0) is 36.3. The predicted octanol–water partition coefficient (Wildman–Crippen LogP) is 5.20. The van der Waals surface area contributed by atoms with Crippen LogP contribution >= 0.6 is 0 Å². The SMILES string of the molecule is C=CCN(C(=O)C1N([C@@H](CO)Cc2ccccc2)C(=O)[C@@H]2[C@@H](C(=O)N(CC=C)c3ccc(OCC)cc3)[C@@]3(C)CCC12O3)c1ccc(OC)cc1. The van der Waals surface area contributed by atoms with Crippen molar-refractivity contribution in [3.05, 3.63) is 110 Å². The molecule has 3 saturated heterocycles. The lowest BCUT2D eigenvalue weighted by Crippen LogP contribution is -2.59. The molecule has 2 unspecified atom stereocenters. The van der Waals surface area contributed by atoms with Gasteiger partial charge in [0.2, 0.25) is 11.8 Å². The summed E-state index contributed by atoms with van der Waals surface area (Å²) >= 11 is 0. The van der Waals surface area contributed by atoms with Crippen molar-refractivity contribution in [2.45, 2.75) is 56.4 Å². The fourth-order valence-electron chi connectivity index (χ4n) is 8.42. The number of carbonyl (C=O) groups is 3. The average molecular weight is 694 g/mol. The van der Waals surface area contributed by atoms with Gasteiger partial charge in [-0.25, -0.2) is 0 Å². The van der Waals surface area contributed by atoms with Gasteiger partial charge in [0, 0.05) is 24.5 Å². The van der Waals surface area contributed by atoms with Crippen molar-refractivity contribution < 1.29 is 33.7 Å². The fourth-order valence-corrected chi connectivity index (χ4v) is 8.42. The Morgan fingerprint density at radius 2 is 1.53 bits per heavy atom. The molecule has 10 heteroatoms. The van der Waals surface area contributed by atoms with Crippen LogP contribution < -0.4 is 19.3 Å². The van der Waals surface area contributed by atoms with Crippen molar-refractivity contribution in [3.63, 3.8) is 0 Å². The number of benzene rings is 3. The van der Waals surface area contributed by atoms with E-state index in [4.69, 9.17) is 14.2 Å². The van der Waals surface area contributed by atoms with Crippen LogP contribution in [0.15, 0.2) is 104 Å². The Bertz CT molecular complexity index is 1750. The van der Waals surface area contributed by atoms with E-state index < -0.39 is 35.1 Å². The number of anilines is 2. The normalized spacial score (nSPS) is 25.2. The summed E-state index contributed by atoms with van der Waals surface area (Å²) in [6, 6.07) is 22.1. The molecule has 3 fully saturated rings. The summed E-state index contributed by atoms with van der Waals surface area (Å²) in [4.78, 5) is 49.8. The lowest BCUT2D eigenvalue weighted by atomic mass is 9.66. The monoisotopic (exact) mass is 693 g/mol. The molecule has 0 aromatic heterocycles. The maximum absolute atomic E-state index is 15.1. The second kappa shape index (κ2) is 14.7. The van der Waals surface area contributed by atoms with E-state index in [2.05, 4.69) is 13.2 Å². The second-order valence-electron chi connectivity index (χ2n) is 13.6. The lowest BCUT2D eigenvalue weighted by molar-refractivity contribution is -0.148. The summed E-state index contributed by atoms with van der Waals surface area (Å²) in [5.41, 5.74) is -0.189. The van der Waals surface area contributed by atoms with Crippen LogP contribution in [0.3, 0.4) is 0 Å². The molecule has 3 amide bonds. The van der Waals surface area contributed by atoms with Gasteiger partial charge in [-0.3, -0.25) is 14.4 Å². The minimum atomic E-state index is -1.31. The van der Waals surface area contributed by atoms with Crippen LogP contribution in [0.1, 0.15) is 32.3 Å². The summed E-state index contributed by atoms with van der Waals surface area (Å²) in [5, 5.41) is 10.9. The largest absolute Gasteiger partial charge is 0.497 e. The van der Waals surface area contributed by atoms with Crippen LogP contribution in [0.4, 0.5) is 11.4 Å². The van der Waals surface area contributed by atoms with Gasteiger partial charge < -0.3 is 34.0 Å². The first-order valence-electron chi connectivity index (χ1n) is 17.5. The molecule has 6 atom stereocenters. The zero-order valence-corrected chi connectivity index (χ0v) is 29.6. The number of carbonyl (C=O) groups excluding carboxylic acids is 3. The van der Waals surface area contributed by atoms with Gasteiger partial charge in [0.25, 0.3) is 5.91 Å². The van der Waals surface area contributed by atoms with Gasteiger partial charge in [-0.05, 0) is 87.2 Å². The maximum Gasteiger partial charge on any atom is 0.253 e. The first-order valence-corrected chi connectivity index (χ1v) is 17.5. The van der Waals surface area contributed by atoms with Crippen molar-refractivity contribution in [2.75, 3.05) is 43.2 Å². The molecule has 3 aromatic rings. The minimum absolute atomic E-state index is 0.164. The molecule has 51 heavy (non-hydrogen) atoms. The standard InChI is InChI=1S/C41H47N3O7/c1-6-24-42(29-16-20-33(21-17-29)50-8-3)37(46)34-35-38(47)44(31(27-45)26-28-12-10-9-11-13-28)36(41(35)23-22-40(34,4)51-41)39(48)43(25-7-2)30-14-18-32(49-5)19-15-30/h6-7,9-21,31,34-36,45H,1-2,8,22-27H2,3-5H3/t31-,34+,35+,36?,40-,41?/m1/s1. The number of aliphatic hydroxyl groups is 1. The van der Waals surface area contributed by atoms with Crippen molar-refractivity contribution in [2.24, 2.45) is 11.8 Å². The van der Waals surface area contributed by atoms with E-state index in [1.807, 2.05) is 68.4 Å². The molecule has 6 rings (SSSR count). The number of rotatable bonds is 15. The maximum atomic E-state index is 15.1. The van der Waals surface area contributed by atoms with E-state index in [1.54, 1.807) is 53.3 Å². The molecule has 0 aliphatic carbocycles. The highest BCUT2D eigenvalue weighted by molar-refractivity contribution is 6.07. The van der Waals surface area contributed by atoms with Crippen LogP contribution in [0.25, 0.3) is 0 Å². The molecule has 3 aromatic carbocycles. The van der Waals surface area contributed by atoms with E-state index in [1.165, 1.54) is 4.90 Å². The van der Waals surface area contributed by atoms with Crippen molar-refractivity contribution >= 4 is 29.1 Å². The van der Waals surface area contributed by atoms with Gasteiger partial charge >= 0.3 is 0 Å². The Hall–Kier alpha value is -4.93. The third-order valence-electron chi connectivity index (χ3n) is 10.6. The highest BCUT2D eigenvalue weighted by Gasteiger charge is 2.79. The number of likely N-dealkylation sites (tertiary alicyclic amines) is 1. The number of amides is 3. The zero-order valence-electron chi connectivity index (χ0n) is 29.6. The molecule has 10 nitrogen and oxygen atoms in total. The predicted molar refractivity (Wildman–Crippen MR) is 196 cm³/mol. The Morgan fingerprint density at radius 3 is 2.08 bits per heavy atom. The average Bonchev–Trinajstić information content (AvgIpc) is 3.72. The Balaban J connectivity index is 1.45. The van der Waals surface area contributed by atoms with Gasteiger partial charge in [0.1, 0.15) is 23.1 Å². The van der Waals surface area contributed by atoms with Gasteiger partial charge in [-0.2, -0.15) is 0 Å². The fraction of sp³-hybridized carbons (Fsp3) is 0.390. The molecule has 1 N–H and O–H groups in total. The van der Waals surface area contributed by atoms with Crippen LogP contribution in [0, 0.1) is 11.8 Å². The van der Waals surface area contributed by atoms with E-state index in [-0.39, 0.29) is 37.4 Å². The number of fused-ring (bicyclic) bond motifs is 1. The minimum Gasteiger partial charge on any atom is -0.497 e. The first-order chi connectivity index (χ1) is 24.7. The molecule has 3 aliphatic rings. The molecular formula is C41H47N3O7. The van der Waals surface area contributed by atoms with E-state index >= 15 is 9.59 Å². The van der Waals surface area contributed by atoms with Crippen LogP contribution in [-0.2, 0) is 25.5 Å². The highest BCUT2D eigenvalue weighted by atomic mass is 16.5. The van der Waals surface area contributed by atoms with Gasteiger partial charge in [0.05, 0.1) is 43.8 Å². The van der Waals surface area contributed by atoms with Crippen molar-refractivity contribution in [1.82, 2.24) is 4.90 Å². The summed E-state index contributed by atoms with van der Waals surface area (Å²) < 4.78 is 18.0. The number of aliphatic hydroxyl groups excluding tert-OH is 1. The molecule has 268 valence electrons. The molecular weight excluding hydrogens is 646 g/mol. The third-order valence-corrected chi connectivity index (χ3v) is 10.6. The van der Waals surface area contributed by atoms with E-state index in [9.17, 15) is 9.90 Å². The van der Waals surface area contributed by atoms with E-state index in [0.29, 0.717) is 48.7 Å². The number of ether oxygens (including phenoxy) is 3. The lowest BCUT2D eigenvalue weighted by Gasteiger charge is -2.39. The Labute approximate surface area is 299 Å². The van der Waals surface area contributed by atoms with E-state index in [0.717, 1.165) is 5.56 Å². The van der Waals surface area contributed by atoms with Crippen molar-refractivity contribution in [3.8, 4) is 11.5 Å². The Morgan fingerprint density at radius 1 is 0.941 bits per heavy atom. The van der Waals surface area contributed by atoms with Crippen LogP contribution in [0.2, 0.25) is 0 Å². The molecule has 3 aliphatic heterocycles.